The highest BCUT2D eigenvalue weighted by Crippen LogP contribution is 2.29. The van der Waals surface area contributed by atoms with Gasteiger partial charge in [-0.3, -0.25) is 4.79 Å². The number of benzene rings is 1. The van der Waals surface area contributed by atoms with Crippen molar-refractivity contribution in [1.29, 1.82) is 0 Å². The molecule has 0 unspecified atom stereocenters. The molecule has 19 heavy (non-hydrogen) atoms. The maximum atomic E-state index is 11.8. The zero-order valence-electron chi connectivity index (χ0n) is 11.6. The number of Topliss-reactive ketones (excluding diaryl/α,β-unsaturated/α-hetero) is 1. The molecular formula is C16H22O3. The van der Waals surface area contributed by atoms with Gasteiger partial charge in [0.1, 0.15) is 12.4 Å². The van der Waals surface area contributed by atoms with E-state index in [0.29, 0.717) is 19.6 Å². The first-order valence-electron chi connectivity index (χ1n) is 7.18. The molecule has 0 spiro atoms. The van der Waals surface area contributed by atoms with Crippen LogP contribution in [-0.2, 0) is 11.2 Å². The summed E-state index contributed by atoms with van der Waals surface area (Å²) in [5.41, 5.74) is 1.92. The molecule has 0 aromatic heterocycles. The number of carbonyl (C=O) groups is 1. The highest BCUT2D eigenvalue weighted by atomic mass is 16.5. The molecule has 0 heterocycles. The maximum absolute atomic E-state index is 11.8. The van der Waals surface area contributed by atoms with Crippen molar-refractivity contribution in [2.24, 2.45) is 0 Å². The van der Waals surface area contributed by atoms with Crippen molar-refractivity contribution in [3.63, 3.8) is 0 Å². The van der Waals surface area contributed by atoms with Crippen molar-refractivity contribution in [3.8, 4) is 5.75 Å². The molecule has 1 aliphatic rings. The Kier molecular flexibility index (Phi) is 5.40. The summed E-state index contributed by atoms with van der Waals surface area (Å²) in [5, 5.41) is 0. The van der Waals surface area contributed by atoms with Crippen LogP contribution < -0.4 is 4.74 Å². The lowest BCUT2D eigenvalue weighted by atomic mass is 9.90. The van der Waals surface area contributed by atoms with Crippen molar-refractivity contribution in [3.05, 3.63) is 29.3 Å². The first-order chi connectivity index (χ1) is 9.33. The Morgan fingerprint density at radius 2 is 2.05 bits per heavy atom. The minimum Gasteiger partial charge on any atom is -0.491 e. The number of hydrogen-bond acceptors (Lipinski definition) is 3. The van der Waals surface area contributed by atoms with E-state index in [1.54, 1.807) is 0 Å². The molecule has 0 saturated heterocycles. The lowest BCUT2D eigenvalue weighted by molar-refractivity contribution is 0.0954. The molecule has 1 aromatic rings. The summed E-state index contributed by atoms with van der Waals surface area (Å²) in [6.45, 7) is 4.10. The minimum absolute atomic E-state index is 0.242. The second-order valence-corrected chi connectivity index (χ2v) is 4.87. The zero-order valence-corrected chi connectivity index (χ0v) is 11.6. The van der Waals surface area contributed by atoms with Crippen LogP contribution in [0.3, 0.4) is 0 Å². The van der Waals surface area contributed by atoms with Crippen LogP contribution in [0.2, 0.25) is 0 Å². The van der Waals surface area contributed by atoms with E-state index in [1.807, 2.05) is 18.2 Å². The van der Waals surface area contributed by atoms with Crippen LogP contribution >= 0.6 is 0 Å². The molecule has 0 fully saturated rings. The van der Waals surface area contributed by atoms with Gasteiger partial charge in [-0.1, -0.05) is 25.5 Å². The van der Waals surface area contributed by atoms with Crippen LogP contribution in [0.4, 0.5) is 0 Å². The van der Waals surface area contributed by atoms with E-state index in [1.165, 1.54) is 0 Å². The van der Waals surface area contributed by atoms with Crippen LogP contribution in [0.5, 0.6) is 5.75 Å². The van der Waals surface area contributed by atoms with Gasteiger partial charge >= 0.3 is 0 Å². The SMILES string of the molecule is CCCCOCCOc1cccc2c1CCCC2=O. The molecule has 1 aliphatic carbocycles. The van der Waals surface area contributed by atoms with Crippen LogP contribution in [-0.4, -0.2) is 25.6 Å². The van der Waals surface area contributed by atoms with Gasteiger partial charge in [-0.05, 0) is 25.3 Å². The van der Waals surface area contributed by atoms with E-state index >= 15 is 0 Å². The summed E-state index contributed by atoms with van der Waals surface area (Å²) in [7, 11) is 0. The van der Waals surface area contributed by atoms with E-state index in [-0.39, 0.29) is 5.78 Å². The first-order valence-corrected chi connectivity index (χ1v) is 7.18. The lowest BCUT2D eigenvalue weighted by Gasteiger charge is -2.18. The molecule has 0 radical (unpaired) electrons. The van der Waals surface area contributed by atoms with Crippen molar-refractivity contribution in [2.75, 3.05) is 19.8 Å². The largest absolute Gasteiger partial charge is 0.491 e. The molecule has 3 nitrogen and oxygen atoms in total. The Hall–Kier alpha value is -1.35. The van der Waals surface area contributed by atoms with Crippen LogP contribution in [0.25, 0.3) is 0 Å². The molecule has 104 valence electrons. The standard InChI is InChI=1S/C16H22O3/c1-2-3-10-18-11-12-19-16-9-5-6-13-14(16)7-4-8-15(13)17/h5-6,9H,2-4,7-8,10-12H2,1H3. The van der Waals surface area contributed by atoms with Crippen molar-refractivity contribution in [1.82, 2.24) is 0 Å². The van der Waals surface area contributed by atoms with Crippen LogP contribution in [0.15, 0.2) is 18.2 Å². The number of hydrogen-bond donors (Lipinski definition) is 0. The first kappa shape index (κ1) is 14.1. The van der Waals surface area contributed by atoms with E-state index in [2.05, 4.69) is 6.92 Å². The van der Waals surface area contributed by atoms with Gasteiger partial charge in [0.15, 0.2) is 5.78 Å². The minimum atomic E-state index is 0.242. The molecule has 0 atom stereocenters. The molecule has 0 bridgehead atoms. The van der Waals surface area contributed by atoms with E-state index in [4.69, 9.17) is 9.47 Å². The van der Waals surface area contributed by atoms with Crippen LogP contribution in [0.1, 0.15) is 48.5 Å². The average Bonchev–Trinajstić information content (AvgIpc) is 2.43. The topological polar surface area (TPSA) is 35.5 Å². The molecule has 0 N–H and O–H groups in total. The third kappa shape index (κ3) is 3.80. The number of ether oxygens (including phenoxy) is 2. The fraction of sp³-hybridized carbons (Fsp3) is 0.562. The Morgan fingerprint density at radius 3 is 2.89 bits per heavy atom. The Morgan fingerprint density at radius 1 is 1.16 bits per heavy atom. The number of ketones is 1. The Bertz CT molecular complexity index is 426. The van der Waals surface area contributed by atoms with Gasteiger partial charge in [0.25, 0.3) is 0 Å². The summed E-state index contributed by atoms with van der Waals surface area (Å²) < 4.78 is 11.2. The summed E-state index contributed by atoms with van der Waals surface area (Å²) in [4.78, 5) is 11.8. The molecule has 2 rings (SSSR count). The van der Waals surface area contributed by atoms with Gasteiger partial charge < -0.3 is 9.47 Å². The Labute approximate surface area is 114 Å². The van der Waals surface area contributed by atoms with Gasteiger partial charge in [0.2, 0.25) is 0 Å². The third-order valence-electron chi connectivity index (χ3n) is 3.39. The highest BCUT2D eigenvalue weighted by molar-refractivity contribution is 5.99. The number of fused-ring (bicyclic) bond motifs is 1. The van der Waals surface area contributed by atoms with Crippen molar-refractivity contribution in [2.45, 2.75) is 39.0 Å². The molecule has 3 heteroatoms. The predicted molar refractivity (Wildman–Crippen MR) is 74.9 cm³/mol. The van der Waals surface area contributed by atoms with Crippen molar-refractivity contribution >= 4 is 5.78 Å². The van der Waals surface area contributed by atoms with Gasteiger partial charge in [-0.2, -0.15) is 0 Å². The number of unbranched alkanes of at least 4 members (excludes halogenated alkanes) is 1. The zero-order chi connectivity index (χ0) is 13.5. The van der Waals surface area contributed by atoms with Gasteiger partial charge in [0.05, 0.1) is 6.61 Å². The lowest BCUT2D eigenvalue weighted by Crippen LogP contribution is -2.14. The van der Waals surface area contributed by atoms with E-state index in [0.717, 1.165) is 49.2 Å². The summed E-state index contributed by atoms with van der Waals surface area (Å²) in [6.07, 6.45) is 4.77. The monoisotopic (exact) mass is 262 g/mol. The Balaban J connectivity index is 1.87. The molecule has 0 amide bonds. The summed E-state index contributed by atoms with van der Waals surface area (Å²) in [6, 6.07) is 5.75. The quantitative estimate of drug-likeness (QED) is 0.706. The smallest absolute Gasteiger partial charge is 0.163 e. The number of carbonyl (C=O) groups excluding carboxylic acids is 1. The molecule has 1 aromatic carbocycles. The van der Waals surface area contributed by atoms with Gasteiger partial charge in [-0.15, -0.1) is 0 Å². The van der Waals surface area contributed by atoms with Gasteiger partial charge in [-0.25, -0.2) is 0 Å². The van der Waals surface area contributed by atoms with E-state index < -0.39 is 0 Å². The summed E-state index contributed by atoms with van der Waals surface area (Å²) in [5.74, 6) is 1.09. The summed E-state index contributed by atoms with van der Waals surface area (Å²) >= 11 is 0. The fourth-order valence-corrected chi connectivity index (χ4v) is 2.34. The maximum Gasteiger partial charge on any atom is 0.163 e. The van der Waals surface area contributed by atoms with Gasteiger partial charge in [0, 0.05) is 24.2 Å². The second-order valence-electron chi connectivity index (χ2n) is 4.87. The predicted octanol–water partition coefficient (Wildman–Crippen LogP) is 3.40. The van der Waals surface area contributed by atoms with E-state index in [9.17, 15) is 4.79 Å². The van der Waals surface area contributed by atoms with Crippen molar-refractivity contribution < 1.29 is 14.3 Å². The number of rotatable bonds is 7. The highest BCUT2D eigenvalue weighted by Gasteiger charge is 2.19. The molecule has 0 saturated carbocycles. The third-order valence-corrected chi connectivity index (χ3v) is 3.39. The molecule has 0 aliphatic heterocycles. The molecular weight excluding hydrogens is 240 g/mol. The van der Waals surface area contributed by atoms with Crippen LogP contribution in [0, 0.1) is 0 Å². The average molecular weight is 262 g/mol. The fourth-order valence-electron chi connectivity index (χ4n) is 2.34. The normalized spacial score (nSPS) is 14.3. The second kappa shape index (κ2) is 7.29.